The van der Waals surface area contributed by atoms with E-state index in [4.69, 9.17) is 16.3 Å². The number of carbonyl (C=O) groups is 1. The molecule has 0 unspecified atom stereocenters. The topological polar surface area (TPSA) is 63.7 Å². The number of piperidine rings is 1. The van der Waals surface area contributed by atoms with Crippen molar-refractivity contribution < 1.29 is 17.9 Å². The summed E-state index contributed by atoms with van der Waals surface area (Å²) in [4.78, 5) is 12.1. The lowest BCUT2D eigenvalue weighted by molar-refractivity contribution is -0.0329. The largest absolute Gasteiger partial charge is 0.450 e. The third kappa shape index (κ3) is 2.38. The van der Waals surface area contributed by atoms with Crippen molar-refractivity contribution in [3.8, 4) is 0 Å². The summed E-state index contributed by atoms with van der Waals surface area (Å²) in [5.41, 5.74) is 0.748. The van der Waals surface area contributed by atoms with E-state index in [-0.39, 0.29) is 10.2 Å². The lowest BCUT2D eigenvalue weighted by Crippen LogP contribution is -2.45. The van der Waals surface area contributed by atoms with E-state index in [0.29, 0.717) is 35.8 Å². The summed E-state index contributed by atoms with van der Waals surface area (Å²) in [6.45, 7) is 0.610. The normalized spacial score (nSPS) is 20.1. The van der Waals surface area contributed by atoms with E-state index in [1.807, 2.05) is 12.1 Å². The second-order valence-corrected chi connectivity index (χ2v) is 9.77. The van der Waals surface area contributed by atoms with Crippen LogP contribution in [0.3, 0.4) is 0 Å². The third-order valence-electron chi connectivity index (χ3n) is 4.60. The van der Waals surface area contributed by atoms with Crippen molar-refractivity contribution in [2.45, 2.75) is 22.7 Å². The summed E-state index contributed by atoms with van der Waals surface area (Å²) >= 11 is 6.91. The number of thiophene rings is 1. The van der Waals surface area contributed by atoms with Crippen molar-refractivity contribution in [3.63, 3.8) is 0 Å². The highest BCUT2D eigenvalue weighted by molar-refractivity contribution is 7.91. The standard InChI is InChI=1S/C16H14ClNO4S2/c17-13-5-6-14(23-13)24(20,21)18-9-7-16(8-10-18)12-4-2-1-3-11(12)15(19)22-16/h1-6H,7-10H2. The van der Waals surface area contributed by atoms with Crippen LogP contribution in [0.25, 0.3) is 0 Å². The lowest BCUT2D eigenvalue weighted by atomic mass is 9.84. The second kappa shape index (κ2) is 5.56. The highest BCUT2D eigenvalue weighted by Crippen LogP contribution is 2.45. The van der Waals surface area contributed by atoms with Gasteiger partial charge in [0.2, 0.25) is 0 Å². The molecule has 1 saturated heterocycles. The summed E-state index contributed by atoms with van der Waals surface area (Å²) in [6.07, 6.45) is 0.905. The fourth-order valence-electron chi connectivity index (χ4n) is 3.37. The zero-order valence-electron chi connectivity index (χ0n) is 12.6. The molecule has 2 aromatic rings. The van der Waals surface area contributed by atoms with Crippen LogP contribution < -0.4 is 0 Å². The van der Waals surface area contributed by atoms with Gasteiger partial charge in [-0.2, -0.15) is 4.31 Å². The van der Waals surface area contributed by atoms with E-state index in [1.54, 1.807) is 18.2 Å². The highest BCUT2D eigenvalue weighted by atomic mass is 35.5. The molecule has 5 nitrogen and oxygen atoms in total. The number of hydrogen-bond acceptors (Lipinski definition) is 5. The van der Waals surface area contributed by atoms with E-state index >= 15 is 0 Å². The van der Waals surface area contributed by atoms with Crippen LogP contribution in [0.15, 0.2) is 40.6 Å². The van der Waals surface area contributed by atoms with Crippen molar-refractivity contribution in [2.24, 2.45) is 0 Å². The van der Waals surface area contributed by atoms with Crippen LogP contribution in [0.5, 0.6) is 0 Å². The minimum atomic E-state index is -3.55. The Labute approximate surface area is 148 Å². The van der Waals surface area contributed by atoms with E-state index < -0.39 is 15.6 Å². The molecule has 0 N–H and O–H groups in total. The molecule has 1 fully saturated rings. The molecule has 8 heteroatoms. The number of fused-ring (bicyclic) bond motifs is 2. The van der Waals surface area contributed by atoms with Crippen LogP contribution >= 0.6 is 22.9 Å². The van der Waals surface area contributed by atoms with E-state index in [2.05, 4.69) is 0 Å². The Balaban J connectivity index is 1.59. The van der Waals surface area contributed by atoms with Gasteiger partial charge >= 0.3 is 5.97 Å². The van der Waals surface area contributed by atoms with Gasteiger partial charge in [-0.1, -0.05) is 29.8 Å². The molecule has 4 rings (SSSR count). The first-order valence-corrected chi connectivity index (χ1v) is 10.1. The Morgan fingerprint density at radius 1 is 1.12 bits per heavy atom. The first-order valence-electron chi connectivity index (χ1n) is 7.51. The Bertz CT molecular complexity index is 914. The number of sulfonamides is 1. The van der Waals surface area contributed by atoms with Crippen molar-refractivity contribution in [3.05, 3.63) is 51.9 Å². The molecule has 2 aliphatic rings. The minimum Gasteiger partial charge on any atom is -0.450 e. The summed E-state index contributed by atoms with van der Waals surface area (Å²) < 4.78 is 33.1. The van der Waals surface area contributed by atoms with Crippen LogP contribution in [0, 0.1) is 0 Å². The number of hydrogen-bond donors (Lipinski definition) is 0. The van der Waals surface area contributed by atoms with Gasteiger partial charge in [-0.3, -0.25) is 0 Å². The number of nitrogens with zero attached hydrogens (tertiary/aromatic N) is 1. The van der Waals surface area contributed by atoms with Gasteiger partial charge in [0.15, 0.2) is 0 Å². The van der Waals surface area contributed by atoms with Gasteiger partial charge in [0.1, 0.15) is 9.81 Å². The number of esters is 1. The molecule has 126 valence electrons. The summed E-state index contributed by atoms with van der Waals surface area (Å²) in [7, 11) is -3.55. The van der Waals surface area contributed by atoms with Crippen LogP contribution in [0.1, 0.15) is 28.8 Å². The van der Waals surface area contributed by atoms with Crippen molar-refractivity contribution in [1.82, 2.24) is 4.31 Å². The smallest absolute Gasteiger partial charge is 0.339 e. The average molecular weight is 384 g/mol. The molecule has 0 radical (unpaired) electrons. The third-order valence-corrected chi connectivity index (χ3v) is 8.20. The van der Waals surface area contributed by atoms with E-state index in [9.17, 15) is 13.2 Å². The molecular weight excluding hydrogens is 370 g/mol. The van der Waals surface area contributed by atoms with Crippen LogP contribution in [-0.2, 0) is 20.4 Å². The van der Waals surface area contributed by atoms with Gasteiger partial charge in [0, 0.05) is 31.5 Å². The fourth-order valence-corrected chi connectivity index (χ4v) is 6.45. The summed E-state index contributed by atoms with van der Waals surface area (Å²) in [6, 6.07) is 10.4. The SMILES string of the molecule is O=C1OC2(CCN(S(=O)(=O)c3ccc(Cl)s3)CC2)c2ccccc21. The molecule has 3 heterocycles. The average Bonchev–Trinajstić information content (AvgIpc) is 3.12. The van der Waals surface area contributed by atoms with Gasteiger partial charge in [0.25, 0.3) is 10.0 Å². The van der Waals surface area contributed by atoms with E-state index in [1.165, 1.54) is 10.4 Å². The first kappa shape index (κ1) is 16.1. The molecule has 1 aromatic carbocycles. The zero-order valence-corrected chi connectivity index (χ0v) is 15.0. The Morgan fingerprint density at radius 2 is 1.83 bits per heavy atom. The summed E-state index contributed by atoms with van der Waals surface area (Å²) in [5, 5.41) is 0. The Kier molecular flexibility index (Phi) is 3.72. The van der Waals surface area contributed by atoms with Gasteiger partial charge in [-0.05, 0) is 18.2 Å². The summed E-state index contributed by atoms with van der Waals surface area (Å²) in [5.74, 6) is -0.327. The maximum absolute atomic E-state index is 12.7. The number of halogens is 1. The zero-order chi connectivity index (χ0) is 16.9. The molecule has 0 amide bonds. The number of carbonyl (C=O) groups excluding carboxylic acids is 1. The minimum absolute atomic E-state index is 0.243. The van der Waals surface area contributed by atoms with Gasteiger partial charge < -0.3 is 4.74 Å². The predicted molar refractivity (Wildman–Crippen MR) is 90.9 cm³/mol. The second-order valence-electron chi connectivity index (χ2n) is 5.89. The number of rotatable bonds is 2. The molecule has 0 saturated carbocycles. The van der Waals surface area contributed by atoms with Gasteiger partial charge in [-0.25, -0.2) is 13.2 Å². The van der Waals surface area contributed by atoms with Crippen LogP contribution in [-0.4, -0.2) is 31.8 Å². The molecule has 1 spiro atoms. The molecule has 0 atom stereocenters. The molecule has 0 aliphatic carbocycles. The maximum Gasteiger partial charge on any atom is 0.339 e. The Morgan fingerprint density at radius 3 is 2.50 bits per heavy atom. The van der Waals surface area contributed by atoms with Gasteiger partial charge in [-0.15, -0.1) is 11.3 Å². The van der Waals surface area contributed by atoms with Crippen molar-refractivity contribution in [1.29, 1.82) is 0 Å². The maximum atomic E-state index is 12.7. The number of ether oxygens (including phenoxy) is 1. The molecule has 24 heavy (non-hydrogen) atoms. The van der Waals surface area contributed by atoms with E-state index in [0.717, 1.165) is 16.9 Å². The fraction of sp³-hybridized carbons (Fsp3) is 0.312. The quantitative estimate of drug-likeness (QED) is 0.747. The first-order chi connectivity index (χ1) is 11.4. The van der Waals surface area contributed by atoms with Crippen LogP contribution in [0.4, 0.5) is 0 Å². The van der Waals surface area contributed by atoms with Crippen molar-refractivity contribution >= 4 is 38.9 Å². The predicted octanol–water partition coefficient (Wildman–Crippen LogP) is 3.25. The van der Waals surface area contributed by atoms with Crippen molar-refractivity contribution in [2.75, 3.05) is 13.1 Å². The van der Waals surface area contributed by atoms with Crippen LogP contribution in [0.2, 0.25) is 4.34 Å². The molecule has 1 aromatic heterocycles. The molecule has 2 aliphatic heterocycles. The monoisotopic (exact) mass is 383 g/mol. The number of benzene rings is 1. The Hall–Kier alpha value is -1.41. The van der Waals surface area contributed by atoms with Gasteiger partial charge in [0.05, 0.1) is 9.90 Å². The lowest BCUT2D eigenvalue weighted by Gasteiger charge is -2.37. The molecular formula is C16H14ClNO4S2. The molecule has 0 bridgehead atoms. The highest BCUT2D eigenvalue weighted by Gasteiger charge is 2.48.